The zero-order chi connectivity index (χ0) is 16.9. The molecule has 134 valence electrons. The molecule has 24 heavy (non-hydrogen) atoms. The second kappa shape index (κ2) is 8.81. The van der Waals surface area contributed by atoms with Crippen molar-refractivity contribution in [3.8, 4) is 0 Å². The van der Waals surface area contributed by atoms with Gasteiger partial charge in [-0.25, -0.2) is 0 Å². The smallest absolute Gasteiger partial charge is 0.0649 e. The first-order valence-corrected chi connectivity index (χ1v) is 9.76. The molecule has 0 radical (unpaired) electrons. The minimum absolute atomic E-state index is 0.257. The number of aromatic nitrogens is 1. The van der Waals surface area contributed by atoms with Crippen LogP contribution in [0.2, 0.25) is 10.0 Å². The minimum Gasteiger partial charge on any atom is -0.396 e. The maximum absolute atomic E-state index is 9.81. The third kappa shape index (κ3) is 4.61. The lowest BCUT2D eigenvalue weighted by atomic mass is 9.96. The molecule has 0 spiro atoms. The van der Waals surface area contributed by atoms with Crippen molar-refractivity contribution in [3.63, 3.8) is 0 Å². The van der Waals surface area contributed by atoms with E-state index in [1.165, 1.54) is 38.8 Å². The van der Waals surface area contributed by atoms with Crippen LogP contribution in [-0.2, 0) is 6.54 Å². The summed E-state index contributed by atoms with van der Waals surface area (Å²) in [5, 5.41) is 11.1. The number of rotatable bonds is 5. The number of pyridine rings is 1. The van der Waals surface area contributed by atoms with Crippen LogP contribution in [0.15, 0.2) is 12.4 Å². The van der Waals surface area contributed by atoms with E-state index >= 15 is 0 Å². The summed E-state index contributed by atoms with van der Waals surface area (Å²) in [5.74, 6) is 0.861. The second-order valence-electron chi connectivity index (χ2n) is 7.19. The van der Waals surface area contributed by atoms with Crippen molar-refractivity contribution in [1.82, 2.24) is 14.8 Å². The van der Waals surface area contributed by atoms with Crippen molar-refractivity contribution in [2.24, 2.45) is 11.8 Å². The second-order valence-corrected chi connectivity index (χ2v) is 8.01. The van der Waals surface area contributed by atoms with E-state index in [4.69, 9.17) is 23.2 Å². The fourth-order valence-electron chi connectivity index (χ4n) is 4.04. The monoisotopic (exact) mass is 371 g/mol. The van der Waals surface area contributed by atoms with Gasteiger partial charge in [-0.15, -0.1) is 0 Å². The number of likely N-dealkylation sites (tertiary alicyclic amines) is 2. The summed E-state index contributed by atoms with van der Waals surface area (Å²) in [4.78, 5) is 8.99. The summed E-state index contributed by atoms with van der Waals surface area (Å²) in [6, 6.07) is 0. The molecule has 2 atom stereocenters. The Bertz CT molecular complexity index is 515. The van der Waals surface area contributed by atoms with Gasteiger partial charge in [0.1, 0.15) is 0 Å². The Kier molecular flexibility index (Phi) is 6.76. The fourth-order valence-corrected chi connectivity index (χ4v) is 4.53. The molecular weight excluding hydrogens is 345 g/mol. The lowest BCUT2D eigenvalue weighted by Gasteiger charge is -2.26. The van der Waals surface area contributed by atoms with Crippen LogP contribution in [0.3, 0.4) is 0 Å². The molecule has 0 amide bonds. The molecule has 1 aromatic heterocycles. The zero-order valence-electron chi connectivity index (χ0n) is 14.1. The van der Waals surface area contributed by atoms with Crippen LogP contribution in [0, 0.1) is 11.8 Å². The minimum atomic E-state index is 0.257. The highest BCUT2D eigenvalue weighted by Crippen LogP contribution is 2.30. The Hall–Kier alpha value is -0.390. The van der Waals surface area contributed by atoms with E-state index in [9.17, 15) is 5.11 Å². The summed E-state index contributed by atoms with van der Waals surface area (Å²) in [5.41, 5.74) is 0.945. The summed E-state index contributed by atoms with van der Waals surface area (Å²) in [7, 11) is 0. The molecule has 3 heterocycles. The van der Waals surface area contributed by atoms with Crippen LogP contribution in [0.5, 0.6) is 0 Å². The highest BCUT2D eigenvalue weighted by atomic mass is 35.5. The van der Waals surface area contributed by atoms with Gasteiger partial charge in [0.05, 0.1) is 10.0 Å². The topological polar surface area (TPSA) is 39.6 Å². The van der Waals surface area contributed by atoms with Gasteiger partial charge in [-0.05, 0) is 37.8 Å². The molecule has 2 fully saturated rings. The highest BCUT2D eigenvalue weighted by molar-refractivity contribution is 6.35. The Labute approximate surface area is 154 Å². The Morgan fingerprint density at radius 1 is 0.958 bits per heavy atom. The van der Waals surface area contributed by atoms with Gasteiger partial charge < -0.3 is 10.0 Å². The van der Waals surface area contributed by atoms with Crippen molar-refractivity contribution in [2.45, 2.75) is 32.2 Å². The van der Waals surface area contributed by atoms with Gasteiger partial charge in [0.2, 0.25) is 0 Å². The SMILES string of the molecule is OC[C@H]1CN(Cc2c(Cl)cncc2Cl)C[C@H]1CN1CCCCCC1. The van der Waals surface area contributed by atoms with Crippen molar-refractivity contribution < 1.29 is 5.11 Å². The first-order valence-electron chi connectivity index (χ1n) is 9.01. The molecule has 2 saturated heterocycles. The van der Waals surface area contributed by atoms with Crippen LogP contribution in [0.25, 0.3) is 0 Å². The molecule has 0 bridgehead atoms. The molecule has 2 aliphatic heterocycles. The van der Waals surface area contributed by atoms with E-state index in [1.807, 2.05) is 0 Å². The first-order chi connectivity index (χ1) is 11.7. The van der Waals surface area contributed by atoms with Crippen molar-refractivity contribution in [2.75, 3.05) is 39.3 Å². The molecule has 2 aliphatic rings. The van der Waals surface area contributed by atoms with Gasteiger partial charge in [0.25, 0.3) is 0 Å². The van der Waals surface area contributed by atoms with Crippen molar-refractivity contribution in [3.05, 3.63) is 28.0 Å². The Morgan fingerprint density at radius 2 is 1.58 bits per heavy atom. The molecule has 0 aromatic carbocycles. The molecule has 3 rings (SSSR count). The number of hydrogen-bond acceptors (Lipinski definition) is 4. The predicted octanol–water partition coefficient (Wildman–Crippen LogP) is 3.30. The third-order valence-electron chi connectivity index (χ3n) is 5.41. The molecule has 4 nitrogen and oxygen atoms in total. The largest absolute Gasteiger partial charge is 0.396 e. The summed E-state index contributed by atoms with van der Waals surface area (Å²) in [6.07, 6.45) is 8.63. The van der Waals surface area contributed by atoms with Crippen LogP contribution in [0.1, 0.15) is 31.2 Å². The Balaban J connectivity index is 1.61. The van der Waals surface area contributed by atoms with Crippen LogP contribution in [0.4, 0.5) is 0 Å². The van der Waals surface area contributed by atoms with Crippen LogP contribution < -0.4 is 0 Å². The zero-order valence-corrected chi connectivity index (χ0v) is 15.6. The van der Waals surface area contributed by atoms with Crippen molar-refractivity contribution >= 4 is 23.2 Å². The number of aliphatic hydroxyl groups excluding tert-OH is 1. The van der Waals surface area contributed by atoms with Gasteiger partial charge in [0, 0.05) is 50.7 Å². The molecular formula is C18H27Cl2N3O. The van der Waals surface area contributed by atoms with Crippen molar-refractivity contribution in [1.29, 1.82) is 0 Å². The fraction of sp³-hybridized carbons (Fsp3) is 0.722. The van der Waals surface area contributed by atoms with Crippen LogP contribution in [-0.4, -0.2) is 59.2 Å². The predicted molar refractivity (Wildman–Crippen MR) is 98.5 cm³/mol. The first kappa shape index (κ1) is 18.4. The van der Waals surface area contributed by atoms with Gasteiger partial charge in [-0.2, -0.15) is 0 Å². The summed E-state index contributed by atoms with van der Waals surface area (Å²) >= 11 is 12.5. The average Bonchev–Trinajstić information content (AvgIpc) is 2.76. The van der Waals surface area contributed by atoms with E-state index in [1.54, 1.807) is 12.4 Å². The van der Waals surface area contributed by atoms with E-state index in [-0.39, 0.29) is 6.61 Å². The lowest BCUT2D eigenvalue weighted by Crippen LogP contribution is -2.34. The standard InChI is InChI=1S/C18H27Cl2N3O/c19-17-7-21-8-18(20)16(17)12-23-10-14(15(11-23)13-24)9-22-5-3-1-2-4-6-22/h7-8,14-15,24H,1-6,9-13H2/t14-,15-/m1/s1. The maximum atomic E-state index is 9.81. The van der Waals surface area contributed by atoms with E-state index in [2.05, 4.69) is 14.8 Å². The Morgan fingerprint density at radius 3 is 2.21 bits per heavy atom. The number of aliphatic hydroxyl groups is 1. The van der Waals surface area contributed by atoms with Gasteiger partial charge in [-0.3, -0.25) is 9.88 Å². The molecule has 0 aliphatic carbocycles. The van der Waals surface area contributed by atoms with E-state index in [0.717, 1.165) is 31.7 Å². The molecule has 6 heteroatoms. The highest BCUT2D eigenvalue weighted by Gasteiger charge is 2.33. The third-order valence-corrected chi connectivity index (χ3v) is 6.06. The normalized spacial score (nSPS) is 26.6. The van der Waals surface area contributed by atoms with E-state index < -0.39 is 0 Å². The molecule has 0 unspecified atom stereocenters. The lowest BCUT2D eigenvalue weighted by molar-refractivity contribution is 0.165. The maximum Gasteiger partial charge on any atom is 0.0649 e. The number of halogens is 2. The summed E-state index contributed by atoms with van der Waals surface area (Å²) in [6.45, 7) is 6.40. The molecule has 0 saturated carbocycles. The quantitative estimate of drug-likeness (QED) is 0.861. The molecule has 1 N–H and O–H groups in total. The number of hydrogen-bond donors (Lipinski definition) is 1. The van der Waals surface area contributed by atoms with Crippen LogP contribution >= 0.6 is 23.2 Å². The summed E-state index contributed by atoms with van der Waals surface area (Å²) < 4.78 is 0. The average molecular weight is 372 g/mol. The molecule has 1 aromatic rings. The van der Waals surface area contributed by atoms with Gasteiger partial charge in [-0.1, -0.05) is 36.0 Å². The number of nitrogens with zero attached hydrogens (tertiary/aromatic N) is 3. The van der Waals surface area contributed by atoms with E-state index in [0.29, 0.717) is 21.9 Å². The van der Waals surface area contributed by atoms with Gasteiger partial charge in [0.15, 0.2) is 0 Å². The van der Waals surface area contributed by atoms with Gasteiger partial charge >= 0.3 is 0 Å².